The van der Waals surface area contributed by atoms with Crippen molar-refractivity contribution in [2.75, 3.05) is 25.4 Å². The molecule has 0 atom stereocenters. The molecular formula is C21H23N3O2. The van der Waals surface area contributed by atoms with E-state index < -0.39 is 4.92 Å². The van der Waals surface area contributed by atoms with E-state index in [1.54, 1.807) is 6.07 Å². The van der Waals surface area contributed by atoms with Crippen LogP contribution in [0.25, 0.3) is 0 Å². The van der Waals surface area contributed by atoms with Gasteiger partial charge in [-0.05, 0) is 56.0 Å². The van der Waals surface area contributed by atoms with Gasteiger partial charge in [0.05, 0.1) is 11.5 Å². The van der Waals surface area contributed by atoms with Gasteiger partial charge in [0.2, 0.25) is 0 Å². The van der Waals surface area contributed by atoms with Gasteiger partial charge in [-0.25, -0.2) is 0 Å². The standard InChI is InChI=1S/C21H23N3O2/c22-20-9-8-18(16-21(20)24(25)26)7-4-12-23-13-10-19(11-14-23)15-17-5-2-1-3-6-17/h1-3,5-6,8-9,16,19H,10-15,22H2. The molecule has 26 heavy (non-hydrogen) atoms. The number of hydrogen-bond donors (Lipinski definition) is 1. The van der Waals surface area contributed by atoms with E-state index in [0.717, 1.165) is 25.4 Å². The normalized spacial score (nSPS) is 15.2. The zero-order valence-electron chi connectivity index (χ0n) is 14.7. The average molecular weight is 349 g/mol. The predicted molar refractivity (Wildman–Crippen MR) is 104 cm³/mol. The van der Waals surface area contributed by atoms with Gasteiger partial charge in [0, 0.05) is 11.6 Å². The van der Waals surface area contributed by atoms with Gasteiger partial charge >= 0.3 is 0 Å². The summed E-state index contributed by atoms with van der Waals surface area (Å²) in [6.45, 7) is 2.79. The van der Waals surface area contributed by atoms with Crippen LogP contribution in [0.3, 0.4) is 0 Å². The van der Waals surface area contributed by atoms with Crippen molar-refractivity contribution >= 4 is 11.4 Å². The van der Waals surface area contributed by atoms with Crippen LogP contribution in [0.5, 0.6) is 0 Å². The molecule has 1 fully saturated rings. The van der Waals surface area contributed by atoms with Crippen molar-refractivity contribution in [3.63, 3.8) is 0 Å². The second-order valence-electron chi connectivity index (χ2n) is 6.74. The lowest BCUT2D eigenvalue weighted by Crippen LogP contribution is -2.34. The van der Waals surface area contributed by atoms with Crippen molar-refractivity contribution in [1.29, 1.82) is 0 Å². The quantitative estimate of drug-likeness (QED) is 0.397. The Bertz CT molecular complexity index is 816. The Labute approximate surface area is 154 Å². The molecule has 0 aromatic heterocycles. The van der Waals surface area contributed by atoms with Crippen LogP contribution in [-0.2, 0) is 6.42 Å². The Morgan fingerprint density at radius 2 is 1.88 bits per heavy atom. The Balaban J connectivity index is 1.49. The summed E-state index contributed by atoms with van der Waals surface area (Å²) in [5.74, 6) is 6.89. The number of anilines is 1. The number of benzene rings is 2. The molecule has 5 heteroatoms. The summed E-state index contributed by atoms with van der Waals surface area (Å²) in [4.78, 5) is 12.8. The van der Waals surface area contributed by atoms with Crippen molar-refractivity contribution in [3.8, 4) is 11.8 Å². The molecule has 1 aliphatic rings. The maximum atomic E-state index is 10.9. The molecule has 2 aromatic rings. The first kappa shape index (κ1) is 18.0. The van der Waals surface area contributed by atoms with Crippen molar-refractivity contribution in [2.24, 2.45) is 5.92 Å². The van der Waals surface area contributed by atoms with Crippen molar-refractivity contribution in [2.45, 2.75) is 19.3 Å². The smallest absolute Gasteiger partial charge is 0.293 e. The van der Waals surface area contributed by atoms with E-state index in [4.69, 9.17) is 5.73 Å². The van der Waals surface area contributed by atoms with Crippen LogP contribution in [0, 0.1) is 27.9 Å². The van der Waals surface area contributed by atoms with Gasteiger partial charge in [-0.3, -0.25) is 15.0 Å². The second kappa shape index (κ2) is 8.50. The van der Waals surface area contributed by atoms with Crippen molar-refractivity contribution in [1.82, 2.24) is 4.90 Å². The molecule has 0 spiro atoms. The second-order valence-corrected chi connectivity index (χ2v) is 6.74. The molecule has 0 saturated carbocycles. The van der Waals surface area contributed by atoms with E-state index >= 15 is 0 Å². The maximum absolute atomic E-state index is 10.9. The number of piperidine rings is 1. The first-order chi connectivity index (χ1) is 12.6. The number of nitrogens with zero attached hydrogens (tertiary/aromatic N) is 2. The van der Waals surface area contributed by atoms with Crippen LogP contribution in [0.15, 0.2) is 48.5 Å². The van der Waals surface area contributed by atoms with Gasteiger partial charge in [-0.1, -0.05) is 42.2 Å². The zero-order valence-corrected chi connectivity index (χ0v) is 14.7. The van der Waals surface area contributed by atoms with Gasteiger partial charge < -0.3 is 5.73 Å². The molecule has 1 heterocycles. The summed E-state index contributed by atoms with van der Waals surface area (Å²) >= 11 is 0. The number of likely N-dealkylation sites (tertiary alicyclic amines) is 1. The van der Waals surface area contributed by atoms with E-state index in [0.29, 0.717) is 12.1 Å². The van der Waals surface area contributed by atoms with Gasteiger partial charge in [0.25, 0.3) is 5.69 Å². The third-order valence-electron chi connectivity index (χ3n) is 4.84. The summed E-state index contributed by atoms with van der Waals surface area (Å²) in [5.41, 5.74) is 7.73. The van der Waals surface area contributed by atoms with Crippen LogP contribution >= 0.6 is 0 Å². The molecule has 0 bridgehead atoms. The fraction of sp³-hybridized carbons (Fsp3) is 0.333. The lowest BCUT2D eigenvalue weighted by atomic mass is 9.90. The molecule has 1 aliphatic heterocycles. The monoisotopic (exact) mass is 349 g/mol. The maximum Gasteiger partial charge on any atom is 0.293 e. The molecule has 2 aromatic carbocycles. The lowest BCUT2D eigenvalue weighted by molar-refractivity contribution is -0.383. The van der Waals surface area contributed by atoms with E-state index in [2.05, 4.69) is 47.1 Å². The number of nitro groups is 1. The minimum atomic E-state index is -0.474. The number of nitrogen functional groups attached to an aromatic ring is 1. The minimum Gasteiger partial charge on any atom is -0.393 e. The van der Waals surface area contributed by atoms with Crippen LogP contribution in [0.2, 0.25) is 0 Å². The average Bonchev–Trinajstić information content (AvgIpc) is 2.65. The van der Waals surface area contributed by atoms with Crippen LogP contribution in [0.1, 0.15) is 24.0 Å². The van der Waals surface area contributed by atoms with E-state index in [9.17, 15) is 10.1 Å². The fourth-order valence-corrected chi connectivity index (χ4v) is 3.33. The fourth-order valence-electron chi connectivity index (χ4n) is 3.33. The van der Waals surface area contributed by atoms with Gasteiger partial charge in [-0.15, -0.1) is 0 Å². The van der Waals surface area contributed by atoms with E-state index in [-0.39, 0.29) is 11.4 Å². The molecule has 0 radical (unpaired) electrons. The highest BCUT2D eigenvalue weighted by atomic mass is 16.6. The Morgan fingerprint density at radius 3 is 2.58 bits per heavy atom. The number of hydrogen-bond acceptors (Lipinski definition) is 4. The highest BCUT2D eigenvalue weighted by Gasteiger charge is 2.18. The third kappa shape index (κ3) is 4.84. The summed E-state index contributed by atoms with van der Waals surface area (Å²) in [7, 11) is 0. The molecule has 2 N–H and O–H groups in total. The largest absolute Gasteiger partial charge is 0.393 e. The zero-order chi connectivity index (χ0) is 18.4. The first-order valence-electron chi connectivity index (χ1n) is 8.91. The SMILES string of the molecule is Nc1ccc(C#CCN2CCC(Cc3ccccc3)CC2)cc1[N+](=O)[O-]. The number of nitro benzene ring substituents is 1. The van der Waals surface area contributed by atoms with Crippen molar-refractivity contribution < 1.29 is 4.92 Å². The number of nitrogens with two attached hydrogens (primary N) is 1. The number of rotatable bonds is 4. The van der Waals surface area contributed by atoms with Crippen LogP contribution in [-0.4, -0.2) is 29.5 Å². The minimum absolute atomic E-state index is 0.0847. The molecule has 5 nitrogen and oxygen atoms in total. The molecular weight excluding hydrogens is 326 g/mol. The molecule has 134 valence electrons. The predicted octanol–water partition coefficient (Wildman–Crippen LogP) is 3.48. The molecule has 0 aliphatic carbocycles. The highest BCUT2D eigenvalue weighted by Crippen LogP contribution is 2.22. The van der Waals surface area contributed by atoms with E-state index in [1.165, 1.54) is 30.5 Å². The van der Waals surface area contributed by atoms with Crippen LogP contribution < -0.4 is 5.73 Å². The highest BCUT2D eigenvalue weighted by molar-refractivity contribution is 5.61. The van der Waals surface area contributed by atoms with E-state index in [1.807, 2.05) is 0 Å². The van der Waals surface area contributed by atoms with Crippen LogP contribution in [0.4, 0.5) is 11.4 Å². The Morgan fingerprint density at radius 1 is 1.15 bits per heavy atom. The topological polar surface area (TPSA) is 72.4 Å². The summed E-state index contributed by atoms with van der Waals surface area (Å²) in [5, 5.41) is 10.9. The Hall–Kier alpha value is -2.84. The Kier molecular flexibility index (Phi) is 5.88. The molecule has 0 unspecified atom stereocenters. The molecule has 3 rings (SSSR count). The molecule has 1 saturated heterocycles. The van der Waals surface area contributed by atoms with Gasteiger partial charge in [-0.2, -0.15) is 0 Å². The molecule has 0 amide bonds. The summed E-state index contributed by atoms with van der Waals surface area (Å²) in [6.07, 6.45) is 3.52. The summed E-state index contributed by atoms with van der Waals surface area (Å²) < 4.78 is 0. The third-order valence-corrected chi connectivity index (χ3v) is 4.84. The van der Waals surface area contributed by atoms with Gasteiger partial charge in [0.1, 0.15) is 5.69 Å². The first-order valence-corrected chi connectivity index (χ1v) is 8.91. The van der Waals surface area contributed by atoms with Crippen molar-refractivity contribution in [3.05, 3.63) is 69.8 Å². The lowest BCUT2D eigenvalue weighted by Gasteiger charge is -2.30. The van der Waals surface area contributed by atoms with Gasteiger partial charge in [0.15, 0.2) is 0 Å². The summed E-state index contributed by atoms with van der Waals surface area (Å²) in [6, 6.07) is 15.4.